The Hall–Kier alpha value is -3.57. The predicted octanol–water partition coefficient (Wildman–Crippen LogP) is 4.47. The molecule has 2 aliphatic rings. The minimum absolute atomic E-state index is 0.00767. The van der Waals surface area contributed by atoms with Gasteiger partial charge < -0.3 is 10.5 Å². The van der Waals surface area contributed by atoms with Crippen LogP contribution in [0.15, 0.2) is 65.4 Å². The van der Waals surface area contributed by atoms with Crippen LogP contribution in [0.1, 0.15) is 37.7 Å². The Kier molecular flexibility index (Phi) is 5.06. The monoisotopic (exact) mass is 397 g/mol. The Labute approximate surface area is 176 Å². The summed E-state index contributed by atoms with van der Waals surface area (Å²) in [6.45, 7) is 1.84. The van der Waals surface area contributed by atoms with E-state index in [2.05, 4.69) is 12.1 Å². The first kappa shape index (κ1) is 19.7. The fourth-order valence-electron chi connectivity index (χ4n) is 5.11. The third kappa shape index (κ3) is 2.70. The fraction of sp³-hybridized carbons (Fsp3) is 0.320. The molecule has 4 rings (SSSR count). The van der Waals surface area contributed by atoms with E-state index in [-0.39, 0.29) is 23.8 Å². The first-order valence-corrected chi connectivity index (χ1v) is 10.3. The van der Waals surface area contributed by atoms with E-state index in [1.807, 2.05) is 48.5 Å². The number of nitrogens with two attached hydrogens (primary N) is 1. The van der Waals surface area contributed by atoms with Crippen molar-refractivity contribution in [1.82, 2.24) is 0 Å². The van der Waals surface area contributed by atoms with Crippen LogP contribution < -0.4 is 5.73 Å². The Morgan fingerprint density at radius 2 is 2.00 bits per heavy atom. The topological polar surface area (TPSA) is 99.9 Å². The summed E-state index contributed by atoms with van der Waals surface area (Å²) in [5.74, 6) is -1.37. The number of carbonyl (C=O) groups excluding carboxylic acids is 1. The van der Waals surface area contributed by atoms with Crippen LogP contribution in [0, 0.1) is 34.0 Å². The third-order valence-corrected chi connectivity index (χ3v) is 6.38. The molecule has 150 valence electrons. The number of carbonyl (C=O) groups is 1. The molecule has 3 atom stereocenters. The number of ether oxygens (including phenoxy) is 1. The van der Waals surface area contributed by atoms with Crippen molar-refractivity contribution in [2.75, 3.05) is 6.61 Å². The average Bonchev–Trinajstić information content (AvgIpc) is 2.78. The van der Waals surface area contributed by atoms with Crippen molar-refractivity contribution in [1.29, 1.82) is 10.5 Å². The molecule has 2 aromatic rings. The van der Waals surface area contributed by atoms with Gasteiger partial charge in [-0.1, -0.05) is 48.5 Å². The van der Waals surface area contributed by atoms with Crippen LogP contribution in [0.2, 0.25) is 0 Å². The zero-order valence-corrected chi connectivity index (χ0v) is 16.9. The summed E-state index contributed by atoms with van der Waals surface area (Å²) < 4.78 is 5.38. The molecule has 0 radical (unpaired) electrons. The summed E-state index contributed by atoms with van der Waals surface area (Å²) in [7, 11) is 0. The van der Waals surface area contributed by atoms with Crippen LogP contribution in [0.3, 0.4) is 0 Å². The van der Waals surface area contributed by atoms with Gasteiger partial charge in [-0.2, -0.15) is 10.5 Å². The normalized spacial score (nSPS) is 25.6. The summed E-state index contributed by atoms with van der Waals surface area (Å²) in [6, 6.07) is 18.2. The van der Waals surface area contributed by atoms with Crippen molar-refractivity contribution in [2.45, 2.75) is 32.1 Å². The third-order valence-electron chi connectivity index (χ3n) is 6.38. The highest BCUT2D eigenvalue weighted by Gasteiger charge is 2.59. The molecule has 2 N–H and O–H groups in total. The van der Waals surface area contributed by atoms with Crippen molar-refractivity contribution >= 4 is 16.7 Å². The van der Waals surface area contributed by atoms with Gasteiger partial charge in [0.1, 0.15) is 6.07 Å². The number of benzene rings is 2. The second kappa shape index (κ2) is 7.69. The molecular weight excluding hydrogens is 374 g/mol. The lowest BCUT2D eigenvalue weighted by Gasteiger charge is -2.45. The summed E-state index contributed by atoms with van der Waals surface area (Å²) >= 11 is 0. The van der Waals surface area contributed by atoms with E-state index >= 15 is 0 Å². The second-order valence-corrected chi connectivity index (χ2v) is 7.78. The van der Waals surface area contributed by atoms with Gasteiger partial charge >= 0.3 is 5.97 Å². The van der Waals surface area contributed by atoms with Gasteiger partial charge in [-0.05, 0) is 54.0 Å². The van der Waals surface area contributed by atoms with Crippen LogP contribution >= 0.6 is 0 Å². The van der Waals surface area contributed by atoms with E-state index in [9.17, 15) is 15.3 Å². The van der Waals surface area contributed by atoms with E-state index in [0.29, 0.717) is 0 Å². The predicted molar refractivity (Wildman–Crippen MR) is 114 cm³/mol. The SMILES string of the molecule is CCOC(=O)[C@@]1(C#N)C(N)=C(C#N)C2=CCCC[C@H]2[C@H]1c1cccc2ccccc12. The molecule has 0 aromatic heterocycles. The first-order valence-electron chi connectivity index (χ1n) is 10.3. The molecule has 0 amide bonds. The highest BCUT2D eigenvalue weighted by atomic mass is 16.5. The van der Waals surface area contributed by atoms with Crippen molar-refractivity contribution in [3.63, 3.8) is 0 Å². The number of nitriles is 2. The Balaban J connectivity index is 2.10. The quantitative estimate of drug-likeness (QED) is 0.770. The molecule has 30 heavy (non-hydrogen) atoms. The maximum atomic E-state index is 13.3. The van der Waals surface area contributed by atoms with Gasteiger partial charge in [0.05, 0.1) is 23.9 Å². The molecule has 0 saturated heterocycles. The number of hydrogen-bond donors (Lipinski definition) is 1. The molecule has 0 bridgehead atoms. The molecular formula is C25H23N3O2. The number of nitrogens with zero attached hydrogens (tertiary/aromatic N) is 2. The number of rotatable bonds is 3. The van der Waals surface area contributed by atoms with Crippen LogP contribution in [0.25, 0.3) is 10.8 Å². The summed E-state index contributed by atoms with van der Waals surface area (Å²) in [5, 5.41) is 22.3. The van der Waals surface area contributed by atoms with Gasteiger partial charge in [0.2, 0.25) is 5.41 Å². The molecule has 2 aliphatic carbocycles. The standard InChI is InChI=1S/C25H23N3O2/c1-2-30-24(29)25(15-27)22(19-13-7-9-16-8-3-4-10-17(16)19)20-12-6-5-11-18(20)21(14-26)23(25)28/h3-4,7-11,13,20,22H,2,5-6,12,28H2,1H3/t20-,22-,25-/m1/s1. The van der Waals surface area contributed by atoms with E-state index in [1.165, 1.54) is 0 Å². The molecule has 0 aliphatic heterocycles. The molecule has 0 unspecified atom stereocenters. The minimum atomic E-state index is -1.75. The molecule has 5 heteroatoms. The smallest absolute Gasteiger partial charge is 0.333 e. The molecule has 0 spiro atoms. The fourth-order valence-corrected chi connectivity index (χ4v) is 5.11. The first-order chi connectivity index (χ1) is 14.6. The van der Waals surface area contributed by atoms with Crippen molar-refractivity contribution in [3.8, 4) is 12.1 Å². The Morgan fingerprint density at radius 3 is 2.73 bits per heavy atom. The lowest BCUT2D eigenvalue weighted by Crippen LogP contribution is -2.49. The van der Waals surface area contributed by atoms with E-state index < -0.39 is 17.3 Å². The Bertz CT molecular complexity index is 1160. The second-order valence-electron chi connectivity index (χ2n) is 7.78. The summed E-state index contributed by atoms with van der Waals surface area (Å²) in [5.41, 5.74) is 6.74. The summed E-state index contributed by atoms with van der Waals surface area (Å²) in [6.07, 6.45) is 4.61. The average molecular weight is 397 g/mol. The lowest BCUT2D eigenvalue weighted by molar-refractivity contribution is -0.152. The van der Waals surface area contributed by atoms with Crippen LogP contribution in [0.5, 0.6) is 0 Å². The van der Waals surface area contributed by atoms with Crippen LogP contribution in [-0.4, -0.2) is 12.6 Å². The molecule has 0 heterocycles. The van der Waals surface area contributed by atoms with Gasteiger partial charge in [-0.25, -0.2) is 4.79 Å². The molecule has 0 saturated carbocycles. The molecule has 5 nitrogen and oxygen atoms in total. The maximum Gasteiger partial charge on any atom is 0.333 e. The largest absolute Gasteiger partial charge is 0.464 e. The van der Waals surface area contributed by atoms with E-state index in [4.69, 9.17) is 10.5 Å². The number of esters is 1. The Morgan fingerprint density at radius 1 is 1.23 bits per heavy atom. The number of allylic oxidation sites excluding steroid dienone is 3. The van der Waals surface area contributed by atoms with E-state index in [1.54, 1.807) is 6.92 Å². The van der Waals surface area contributed by atoms with E-state index in [0.717, 1.165) is 41.2 Å². The highest BCUT2D eigenvalue weighted by molar-refractivity contribution is 5.91. The lowest BCUT2D eigenvalue weighted by atomic mass is 9.55. The van der Waals surface area contributed by atoms with Crippen molar-refractivity contribution < 1.29 is 9.53 Å². The number of fused-ring (bicyclic) bond motifs is 2. The zero-order chi connectivity index (χ0) is 21.3. The van der Waals surface area contributed by atoms with Gasteiger partial charge in [-0.15, -0.1) is 0 Å². The molecule has 0 fully saturated rings. The summed E-state index contributed by atoms with van der Waals surface area (Å²) in [4.78, 5) is 13.3. The van der Waals surface area contributed by atoms with Gasteiger partial charge in [0, 0.05) is 5.92 Å². The van der Waals surface area contributed by atoms with Gasteiger partial charge in [0.25, 0.3) is 0 Å². The van der Waals surface area contributed by atoms with Crippen molar-refractivity contribution in [2.24, 2.45) is 17.1 Å². The van der Waals surface area contributed by atoms with Crippen molar-refractivity contribution in [3.05, 3.63) is 70.9 Å². The van der Waals surface area contributed by atoms with Gasteiger partial charge in [-0.3, -0.25) is 0 Å². The van der Waals surface area contributed by atoms with Crippen LogP contribution in [0.4, 0.5) is 0 Å². The number of hydrogen-bond acceptors (Lipinski definition) is 5. The van der Waals surface area contributed by atoms with Gasteiger partial charge in [0.15, 0.2) is 0 Å². The highest BCUT2D eigenvalue weighted by Crippen LogP contribution is 2.57. The maximum absolute atomic E-state index is 13.3. The molecule has 2 aromatic carbocycles. The zero-order valence-electron chi connectivity index (χ0n) is 16.9. The minimum Gasteiger partial charge on any atom is -0.464 e. The van der Waals surface area contributed by atoms with Crippen LogP contribution in [-0.2, 0) is 9.53 Å².